The van der Waals surface area contributed by atoms with Gasteiger partial charge >= 0.3 is 5.97 Å². The van der Waals surface area contributed by atoms with Crippen molar-refractivity contribution < 1.29 is 9.53 Å². The zero-order valence-corrected chi connectivity index (χ0v) is 14.3. The number of carbonyl (C=O) groups excluding carboxylic acids is 1. The number of hydrogen-bond donors (Lipinski definition) is 2. The third kappa shape index (κ3) is 3.99. The molecule has 0 bridgehead atoms. The number of benzene rings is 1. The Balaban J connectivity index is 2.32. The van der Waals surface area contributed by atoms with Gasteiger partial charge in [0.2, 0.25) is 0 Å². The van der Waals surface area contributed by atoms with Gasteiger partial charge in [-0.25, -0.2) is 4.79 Å². The maximum Gasteiger partial charge on any atom is 0.338 e. The van der Waals surface area contributed by atoms with Gasteiger partial charge in [0.05, 0.1) is 18.2 Å². The normalized spacial score (nSPS) is 18.0. The fourth-order valence-electron chi connectivity index (χ4n) is 2.19. The smallest absolute Gasteiger partial charge is 0.338 e. The number of halogens is 1. The van der Waals surface area contributed by atoms with Crippen LogP contribution in [0.2, 0.25) is 5.02 Å². The SMILES string of the molecule is CC1=C(C(=O)OCC(C)C)[C@H](c2ccc(Cl)cc2)NC(=S)N1. The summed E-state index contributed by atoms with van der Waals surface area (Å²) >= 11 is 11.1. The number of ether oxygens (including phenoxy) is 1. The summed E-state index contributed by atoms with van der Waals surface area (Å²) in [5.41, 5.74) is 2.15. The highest BCUT2D eigenvalue weighted by molar-refractivity contribution is 7.80. The highest BCUT2D eigenvalue weighted by atomic mass is 35.5. The van der Waals surface area contributed by atoms with E-state index in [0.29, 0.717) is 28.0 Å². The van der Waals surface area contributed by atoms with Gasteiger partial charge in [-0.3, -0.25) is 0 Å². The molecule has 0 saturated carbocycles. The molecule has 2 N–H and O–H groups in total. The Morgan fingerprint density at radius 2 is 2.00 bits per heavy atom. The van der Waals surface area contributed by atoms with E-state index in [1.165, 1.54) is 0 Å². The molecule has 1 aromatic rings. The van der Waals surface area contributed by atoms with Crippen LogP contribution in [0.15, 0.2) is 35.5 Å². The minimum atomic E-state index is -0.342. The molecule has 0 fully saturated rings. The lowest BCUT2D eigenvalue weighted by Gasteiger charge is -2.30. The van der Waals surface area contributed by atoms with Gasteiger partial charge in [0.1, 0.15) is 0 Å². The van der Waals surface area contributed by atoms with Gasteiger partial charge in [-0.1, -0.05) is 37.6 Å². The zero-order valence-electron chi connectivity index (χ0n) is 12.8. The molecule has 1 aromatic carbocycles. The van der Waals surface area contributed by atoms with Crippen LogP contribution in [0.4, 0.5) is 0 Å². The first-order valence-electron chi connectivity index (χ1n) is 7.09. The predicted molar refractivity (Wildman–Crippen MR) is 91.6 cm³/mol. The summed E-state index contributed by atoms with van der Waals surface area (Å²) in [5.74, 6) is -0.0573. The highest BCUT2D eigenvalue weighted by Gasteiger charge is 2.30. The molecular formula is C16H19ClN2O2S. The van der Waals surface area contributed by atoms with Crippen molar-refractivity contribution in [1.82, 2.24) is 10.6 Å². The lowest BCUT2D eigenvalue weighted by molar-refractivity contribution is -0.140. The first-order chi connectivity index (χ1) is 10.4. The van der Waals surface area contributed by atoms with E-state index in [-0.39, 0.29) is 17.9 Å². The van der Waals surface area contributed by atoms with Crippen LogP contribution in [0.3, 0.4) is 0 Å². The molecule has 0 saturated heterocycles. The van der Waals surface area contributed by atoms with E-state index in [1.54, 1.807) is 12.1 Å². The minimum absolute atomic E-state index is 0.282. The average molecular weight is 339 g/mol. The maximum absolute atomic E-state index is 12.4. The van der Waals surface area contributed by atoms with Crippen LogP contribution >= 0.6 is 23.8 Å². The first kappa shape index (κ1) is 16.8. The van der Waals surface area contributed by atoms with Crippen LogP contribution in [-0.4, -0.2) is 17.7 Å². The molecule has 1 atom stereocenters. The van der Waals surface area contributed by atoms with Gasteiger partial charge in [0.15, 0.2) is 5.11 Å². The Morgan fingerprint density at radius 3 is 2.59 bits per heavy atom. The van der Waals surface area contributed by atoms with Crippen molar-refractivity contribution >= 4 is 34.9 Å². The molecule has 1 aliphatic heterocycles. The third-order valence-electron chi connectivity index (χ3n) is 3.24. The predicted octanol–water partition coefficient (Wildman–Crippen LogP) is 3.33. The van der Waals surface area contributed by atoms with E-state index in [2.05, 4.69) is 10.6 Å². The molecule has 0 unspecified atom stereocenters. The molecule has 2 rings (SSSR count). The molecule has 0 aliphatic carbocycles. The monoisotopic (exact) mass is 338 g/mol. The molecule has 0 radical (unpaired) electrons. The van der Waals surface area contributed by atoms with Gasteiger partial charge in [0.25, 0.3) is 0 Å². The Kier molecular flexibility index (Phi) is 5.42. The van der Waals surface area contributed by atoms with Crippen LogP contribution in [0.5, 0.6) is 0 Å². The van der Waals surface area contributed by atoms with E-state index in [0.717, 1.165) is 5.56 Å². The molecule has 6 heteroatoms. The second kappa shape index (κ2) is 7.11. The topological polar surface area (TPSA) is 50.4 Å². The van der Waals surface area contributed by atoms with Crippen LogP contribution in [0.1, 0.15) is 32.4 Å². The van der Waals surface area contributed by atoms with Crippen LogP contribution in [0.25, 0.3) is 0 Å². The number of carbonyl (C=O) groups is 1. The standard InChI is InChI=1S/C16H19ClN2O2S/c1-9(2)8-21-15(20)13-10(3)18-16(22)19-14(13)11-4-6-12(17)7-5-11/h4-7,9,14H,8H2,1-3H3,(H2,18,19,22)/t14-/m0/s1. The quantitative estimate of drug-likeness (QED) is 0.651. The molecule has 0 amide bonds. The van der Waals surface area contributed by atoms with Crippen molar-refractivity contribution in [1.29, 1.82) is 0 Å². The van der Waals surface area contributed by atoms with E-state index >= 15 is 0 Å². The number of thiocarbonyl (C=S) groups is 1. The van der Waals surface area contributed by atoms with E-state index in [4.69, 9.17) is 28.6 Å². The third-order valence-corrected chi connectivity index (χ3v) is 3.71. The van der Waals surface area contributed by atoms with Gasteiger partial charge in [0, 0.05) is 10.7 Å². The Bertz CT molecular complexity index is 611. The lowest BCUT2D eigenvalue weighted by Crippen LogP contribution is -2.45. The number of nitrogens with one attached hydrogen (secondary N) is 2. The summed E-state index contributed by atoms with van der Waals surface area (Å²) in [4.78, 5) is 12.4. The number of allylic oxidation sites excluding steroid dienone is 1. The van der Waals surface area contributed by atoms with Crippen LogP contribution < -0.4 is 10.6 Å². The Labute approximate surface area is 140 Å². The van der Waals surface area contributed by atoms with Crippen molar-refractivity contribution in [3.05, 3.63) is 46.1 Å². The van der Waals surface area contributed by atoms with Crippen molar-refractivity contribution in [2.45, 2.75) is 26.8 Å². The second-order valence-corrected chi connectivity index (χ2v) is 6.46. The van der Waals surface area contributed by atoms with Crippen molar-refractivity contribution in [2.24, 2.45) is 5.92 Å². The number of esters is 1. The summed E-state index contributed by atoms with van der Waals surface area (Å²) in [6, 6.07) is 6.98. The summed E-state index contributed by atoms with van der Waals surface area (Å²) in [7, 11) is 0. The van der Waals surface area contributed by atoms with E-state index in [1.807, 2.05) is 32.9 Å². The Hall–Kier alpha value is -1.59. The summed E-state index contributed by atoms with van der Waals surface area (Å²) in [6.07, 6.45) is 0. The Morgan fingerprint density at radius 1 is 1.36 bits per heavy atom. The van der Waals surface area contributed by atoms with Crippen molar-refractivity contribution in [3.63, 3.8) is 0 Å². The van der Waals surface area contributed by atoms with Gasteiger partial charge in [-0.2, -0.15) is 0 Å². The summed E-state index contributed by atoms with van der Waals surface area (Å²) in [6.45, 7) is 6.20. The molecule has 22 heavy (non-hydrogen) atoms. The lowest BCUT2D eigenvalue weighted by atomic mass is 9.96. The van der Waals surface area contributed by atoms with Crippen LogP contribution in [-0.2, 0) is 9.53 Å². The molecule has 0 spiro atoms. The van der Waals surface area contributed by atoms with E-state index < -0.39 is 0 Å². The second-order valence-electron chi connectivity index (χ2n) is 5.61. The molecule has 1 aliphatic rings. The van der Waals surface area contributed by atoms with Crippen molar-refractivity contribution in [2.75, 3.05) is 6.61 Å². The first-order valence-corrected chi connectivity index (χ1v) is 7.88. The maximum atomic E-state index is 12.4. The highest BCUT2D eigenvalue weighted by Crippen LogP contribution is 2.28. The number of hydrogen-bond acceptors (Lipinski definition) is 3. The zero-order chi connectivity index (χ0) is 16.3. The molecule has 4 nitrogen and oxygen atoms in total. The van der Waals surface area contributed by atoms with Gasteiger partial charge < -0.3 is 15.4 Å². The van der Waals surface area contributed by atoms with Gasteiger partial charge in [-0.05, 0) is 42.8 Å². The minimum Gasteiger partial charge on any atom is -0.462 e. The molecule has 0 aromatic heterocycles. The average Bonchev–Trinajstić information content (AvgIpc) is 2.44. The summed E-state index contributed by atoms with van der Waals surface area (Å²) < 4.78 is 5.38. The fourth-order valence-corrected chi connectivity index (χ4v) is 2.59. The van der Waals surface area contributed by atoms with Gasteiger partial charge in [-0.15, -0.1) is 0 Å². The van der Waals surface area contributed by atoms with Crippen LogP contribution in [0, 0.1) is 5.92 Å². The molecular weight excluding hydrogens is 320 g/mol. The molecule has 1 heterocycles. The fraction of sp³-hybridized carbons (Fsp3) is 0.375. The largest absolute Gasteiger partial charge is 0.462 e. The summed E-state index contributed by atoms with van der Waals surface area (Å²) in [5, 5.41) is 7.23. The van der Waals surface area contributed by atoms with Crippen molar-refractivity contribution in [3.8, 4) is 0 Å². The molecule has 118 valence electrons. The van der Waals surface area contributed by atoms with E-state index in [9.17, 15) is 4.79 Å². The number of rotatable bonds is 4.